The number of aromatic nitrogens is 4. The van der Waals surface area contributed by atoms with Crippen LogP contribution >= 0.6 is 0 Å². The van der Waals surface area contributed by atoms with Gasteiger partial charge in [-0.1, -0.05) is 125 Å². The fraction of sp³-hybridized carbons (Fsp3) is 0.127. The van der Waals surface area contributed by atoms with Crippen LogP contribution < -0.4 is 4.74 Å². The molecule has 0 aliphatic rings. The number of benzene rings is 8. The summed E-state index contributed by atoms with van der Waals surface area (Å²) in [6, 6.07) is 58.2. The Labute approximate surface area is 349 Å². The van der Waals surface area contributed by atoms with Crippen molar-refractivity contribution in [1.29, 1.82) is 0 Å². The van der Waals surface area contributed by atoms with Crippen molar-refractivity contribution in [2.75, 3.05) is 0 Å². The molecule has 60 heavy (non-hydrogen) atoms. The first-order valence-electron chi connectivity index (χ1n) is 21.0. The summed E-state index contributed by atoms with van der Waals surface area (Å²) in [5.74, 6) is 2.93. The quantitative estimate of drug-likeness (QED) is 0.151. The first kappa shape index (κ1) is 35.9. The molecule has 0 fully saturated rings. The van der Waals surface area contributed by atoms with Crippen molar-refractivity contribution in [1.82, 2.24) is 18.9 Å². The molecule has 0 aliphatic heterocycles. The Bertz CT molecular complexity index is 3450. The molecule has 0 N–H and O–H groups in total. The molecular formula is C55H44N4O. The van der Waals surface area contributed by atoms with E-state index in [0.717, 1.165) is 66.9 Å². The predicted molar refractivity (Wildman–Crippen MR) is 250 cm³/mol. The lowest BCUT2D eigenvalue weighted by atomic mass is 9.88. The highest BCUT2D eigenvalue weighted by Gasteiger charge is 2.24. The maximum absolute atomic E-state index is 6.80. The largest absolute Gasteiger partial charge is 0.457 e. The molecule has 0 saturated heterocycles. The van der Waals surface area contributed by atoms with Crippen LogP contribution in [0.2, 0.25) is 0 Å². The van der Waals surface area contributed by atoms with Gasteiger partial charge < -0.3 is 4.74 Å². The molecule has 0 bridgehead atoms. The number of fused-ring (bicyclic) bond motifs is 10. The number of hydrogen-bond acceptors (Lipinski definition) is 3. The molecule has 5 nitrogen and oxygen atoms in total. The van der Waals surface area contributed by atoms with Crippen LogP contribution in [-0.4, -0.2) is 18.9 Å². The average Bonchev–Trinajstić information content (AvgIpc) is 3.86. The first-order valence-corrected chi connectivity index (χ1v) is 21.0. The minimum atomic E-state index is 0.275. The number of ether oxygens (including phenoxy) is 1. The van der Waals surface area contributed by atoms with Crippen molar-refractivity contribution < 1.29 is 4.74 Å². The van der Waals surface area contributed by atoms with Gasteiger partial charge in [-0.3, -0.25) is 8.97 Å². The van der Waals surface area contributed by atoms with E-state index in [-0.39, 0.29) is 11.8 Å². The molecule has 3 aromatic heterocycles. The van der Waals surface area contributed by atoms with E-state index < -0.39 is 0 Å². The number of hydrogen-bond donors (Lipinski definition) is 0. The molecular weight excluding hydrogens is 733 g/mol. The lowest BCUT2D eigenvalue weighted by Crippen LogP contribution is -2.09. The van der Waals surface area contributed by atoms with Gasteiger partial charge in [0.25, 0.3) is 0 Å². The summed E-state index contributed by atoms with van der Waals surface area (Å²) in [6.45, 7) is 11.4. The topological polar surface area (TPSA) is 44.4 Å². The molecule has 0 spiro atoms. The van der Waals surface area contributed by atoms with Gasteiger partial charge in [-0.2, -0.15) is 0 Å². The second kappa shape index (κ2) is 14.0. The molecule has 0 aliphatic carbocycles. The van der Waals surface area contributed by atoms with E-state index in [4.69, 9.17) is 14.7 Å². The third kappa shape index (κ3) is 5.68. The highest BCUT2D eigenvalue weighted by Crippen LogP contribution is 2.42. The van der Waals surface area contributed by atoms with Crippen LogP contribution in [0.3, 0.4) is 0 Å². The number of rotatable bonds is 7. The molecule has 290 valence electrons. The van der Waals surface area contributed by atoms with Gasteiger partial charge in [-0.25, -0.2) is 9.97 Å². The van der Waals surface area contributed by atoms with E-state index in [2.05, 4.69) is 201 Å². The molecule has 0 atom stereocenters. The molecule has 11 rings (SSSR count). The Morgan fingerprint density at radius 2 is 1.15 bits per heavy atom. The van der Waals surface area contributed by atoms with E-state index in [0.29, 0.717) is 0 Å². The van der Waals surface area contributed by atoms with Crippen LogP contribution in [-0.2, 0) is 0 Å². The van der Waals surface area contributed by atoms with Crippen molar-refractivity contribution >= 4 is 60.2 Å². The third-order valence-electron chi connectivity index (χ3n) is 12.2. The van der Waals surface area contributed by atoms with E-state index in [1.165, 1.54) is 49.7 Å². The lowest BCUT2D eigenvalue weighted by molar-refractivity contribution is 0.483. The molecule has 0 radical (unpaired) electrons. The first-order chi connectivity index (χ1) is 29.3. The fourth-order valence-electron chi connectivity index (χ4n) is 9.35. The SMILES string of the molecule is Cc1c2ccccc2cc2nc3c4cc(Oc5cccc(-c6nc7ccccc7n6-c6c(C(C)C)cc(-c7ccccc7)cc6C(C)C)c5)ccc4c4ccccc4n3c12. The van der Waals surface area contributed by atoms with Gasteiger partial charge in [0.05, 0.1) is 33.3 Å². The van der Waals surface area contributed by atoms with Crippen molar-refractivity contribution in [3.63, 3.8) is 0 Å². The number of pyridine rings is 1. The second-order valence-electron chi connectivity index (χ2n) is 16.7. The Balaban J connectivity index is 1.07. The zero-order valence-corrected chi connectivity index (χ0v) is 34.4. The molecule has 3 heterocycles. The Morgan fingerprint density at radius 1 is 0.483 bits per heavy atom. The third-order valence-corrected chi connectivity index (χ3v) is 12.2. The smallest absolute Gasteiger partial charge is 0.146 e. The number of aryl methyl sites for hydroxylation is 1. The molecule has 0 unspecified atom stereocenters. The second-order valence-corrected chi connectivity index (χ2v) is 16.7. The number of nitrogens with zero attached hydrogens (tertiary/aromatic N) is 4. The van der Waals surface area contributed by atoms with Crippen LogP contribution in [0.4, 0.5) is 0 Å². The highest BCUT2D eigenvalue weighted by molar-refractivity contribution is 6.15. The van der Waals surface area contributed by atoms with Gasteiger partial charge in [0.1, 0.15) is 23.0 Å². The molecule has 5 heteroatoms. The zero-order valence-electron chi connectivity index (χ0n) is 34.4. The van der Waals surface area contributed by atoms with Gasteiger partial charge >= 0.3 is 0 Å². The van der Waals surface area contributed by atoms with E-state index >= 15 is 0 Å². The predicted octanol–water partition coefficient (Wildman–Crippen LogP) is 15.0. The minimum Gasteiger partial charge on any atom is -0.457 e. The Hall–Kier alpha value is -7.24. The molecule has 0 saturated carbocycles. The normalized spacial score (nSPS) is 12.1. The van der Waals surface area contributed by atoms with Crippen LogP contribution in [0, 0.1) is 6.92 Å². The monoisotopic (exact) mass is 776 g/mol. The minimum absolute atomic E-state index is 0.275. The molecule has 8 aromatic carbocycles. The average molecular weight is 777 g/mol. The summed E-state index contributed by atoms with van der Waals surface area (Å²) in [7, 11) is 0. The van der Waals surface area contributed by atoms with E-state index in [1.807, 2.05) is 6.07 Å². The van der Waals surface area contributed by atoms with Crippen molar-refractivity contribution in [2.45, 2.75) is 46.5 Å². The maximum Gasteiger partial charge on any atom is 0.146 e. The standard InChI is InChI=1S/C55H44N4O/c1-33(2)45-29-39(36-16-7-6-8-17-36)30-46(34(3)4)53(45)59-51-25-14-12-23-48(51)56-54(59)38-19-15-20-40(28-38)60-41-26-27-43-44-22-11-13-24-50(44)58-52-35(5)42-21-10-9-18-37(42)31-49(52)57-55(58)47(43)32-41/h6-34H,1-5H3. The van der Waals surface area contributed by atoms with Gasteiger partial charge in [-0.05, 0) is 129 Å². The van der Waals surface area contributed by atoms with Crippen LogP contribution in [0.15, 0.2) is 164 Å². The van der Waals surface area contributed by atoms with Crippen LogP contribution in [0.25, 0.3) is 88.4 Å². The lowest BCUT2D eigenvalue weighted by Gasteiger charge is -2.24. The van der Waals surface area contributed by atoms with Gasteiger partial charge in [0.2, 0.25) is 0 Å². The van der Waals surface area contributed by atoms with Crippen LogP contribution in [0.5, 0.6) is 11.5 Å². The number of para-hydroxylation sites is 3. The summed E-state index contributed by atoms with van der Waals surface area (Å²) < 4.78 is 11.5. The van der Waals surface area contributed by atoms with Gasteiger partial charge in [0, 0.05) is 16.3 Å². The fourth-order valence-corrected chi connectivity index (χ4v) is 9.35. The van der Waals surface area contributed by atoms with Gasteiger partial charge in [-0.15, -0.1) is 0 Å². The van der Waals surface area contributed by atoms with E-state index in [9.17, 15) is 0 Å². The zero-order chi connectivity index (χ0) is 40.6. The van der Waals surface area contributed by atoms with Crippen molar-refractivity contribution in [3.8, 4) is 39.7 Å². The van der Waals surface area contributed by atoms with Crippen molar-refractivity contribution in [3.05, 3.63) is 180 Å². The highest BCUT2D eigenvalue weighted by atomic mass is 16.5. The summed E-state index contributed by atoms with van der Waals surface area (Å²) >= 11 is 0. The summed E-state index contributed by atoms with van der Waals surface area (Å²) in [5, 5.41) is 5.81. The summed E-state index contributed by atoms with van der Waals surface area (Å²) in [6.07, 6.45) is 0. The number of imidazole rings is 2. The van der Waals surface area contributed by atoms with Crippen molar-refractivity contribution in [2.24, 2.45) is 0 Å². The molecule has 11 aromatic rings. The summed E-state index contributed by atoms with van der Waals surface area (Å²) in [4.78, 5) is 10.7. The molecule has 0 amide bonds. The maximum atomic E-state index is 6.80. The summed E-state index contributed by atoms with van der Waals surface area (Å²) in [5.41, 5.74) is 14.7. The van der Waals surface area contributed by atoms with Crippen LogP contribution in [0.1, 0.15) is 56.2 Å². The van der Waals surface area contributed by atoms with E-state index in [1.54, 1.807) is 0 Å². The Kier molecular flexibility index (Phi) is 8.35. The van der Waals surface area contributed by atoms with Gasteiger partial charge in [0.15, 0.2) is 0 Å². The Morgan fingerprint density at radius 3 is 1.93 bits per heavy atom.